The highest BCUT2D eigenvalue weighted by molar-refractivity contribution is 5.88. The largest absolute Gasteiger partial charge is 0.512 e. The molecule has 3 atom stereocenters. The minimum Gasteiger partial charge on any atom is -0.512 e. The molecule has 1 saturated carbocycles. The van der Waals surface area contributed by atoms with Crippen molar-refractivity contribution in [1.82, 2.24) is 0 Å². The van der Waals surface area contributed by atoms with Crippen LogP contribution in [-0.4, -0.2) is 34.2 Å². The number of Topliss-reactive ketones (excluding diaryl/α,β-unsaturated/α-hetero) is 1. The monoisotopic (exact) mass is 318 g/mol. The van der Waals surface area contributed by atoms with Gasteiger partial charge in [0.05, 0.1) is 17.8 Å². The summed E-state index contributed by atoms with van der Waals surface area (Å²) in [4.78, 5) is 22.9. The van der Waals surface area contributed by atoms with Crippen LogP contribution in [0.3, 0.4) is 0 Å². The lowest BCUT2D eigenvalue weighted by molar-refractivity contribution is -0.153. The van der Waals surface area contributed by atoms with Crippen LogP contribution in [-0.2, 0) is 20.7 Å². The molecular weight excluding hydrogens is 296 g/mol. The van der Waals surface area contributed by atoms with Gasteiger partial charge < -0.3 is 14.9 Å². The molecule has 5 nitrogen and oxygen atoms in total. The van der Waals surface area contributed by atoms with E-state index in [1.54, 1.807) is 6.08 Å². The van der Waals surface area contributed by atoms with Crippen molar-refractivity contribution in [2.24, 2.45) is 5.92 Å². The zero-order valence-corrected chi connectivity index (χ0v) is 13.1. The Bertz CT molecular complexity index is 578. The Morgan fingerprint density at radius 2 is 2.04 bits per heavy atom. The van der Waals surface area contributed by atoms with Gasteiger partial charge in [0.25, 0.3) is 0 Å². The summed E-state index contributed by atoms with van der Waals surface area (Å²) in [6, 6.07) is 10.0. The van der Waals surface area contributed by atoms with Gasteiger partial charge in [-0.1, -0.05) is 30.3 Å². The fourth-order valence-corrected chi connectivity index (χ4v) is 2.86. The molecule has 1 aliphatic rings. The third-order valence-electron chi connectivity index (χ3n) is 3.97. The highest BCUT2D eigenvalue weighted by Gasteiger charge is 2.46. The van der Waals surface area contributed by atoms with E-state index in [0.29, 0.717) is 6.42 Å². The zero-order chi connectivity index (χ0) is 16.8. The Labute approximate surface area is 135 Å². The van der Waals surface area contributed by atoms with Crippen molar-refractivity contribution in [1.29, 1.82) is 0 Å². The Morgan fingerprint density at radius 3 is 2.70 bits per heavy atom. The highest BCUT2D eigenvalue weighted by Crippen LogP contribution is 2.31. The van der Waals surface area contributed by atoms with Crippen LogP contribution in [0.1, 0.15) is 31.7 Å². The number of unbranched alkanes of at least 4 members (excludes halogenated alkanes) is 1. The van der Waals surface area contributed by atoms with Crippen LogP contribution in [0, 0.1) is 5.92 Å². The van der Waals surface area contributed by atoms with Crippen molar-refractivity contribution >= 4 is 11.8 Å². The van der Waals surface area contributed by atoms with E-state index in [2.05, 4.69) is 0 Å². The lowest BCUT2D eigenvalue weighted by atomic mass is 9.99. The van der Waals surface area contributed by atoms with E-state index in [4.69, 9.17) is 4.74 Å². The number of esters is 1. The summed E-state index contributed by atoms with van der Waals surface area (Å²) in [5, 5.41) is 20.1. The SMILES string of the molecule is CC(=O)OC1C(=O)C[C@H](O)[C@@H]1/C(O)=C\CCCc1ccccc1. The van der Waals surface area contributed by atoms with Gasteiger partial charge in [-0.2, -0.15) is 0 Å². The second kappa shape index (κ2) is 7.92. The zero-order valence-electron chi connectivity index (χ0n) is 13.1. The summed E-state index contributed by atoms with van der Waals surface area (Å²) in [5.41, 5.74) is 1.22. The number of aliphatic hydroxyl groups excluding tert-OH is 2. The van der Waals surface area contributed by atoms with Crippen molar-refractivity contribution in [3.8, 4) is 0 Å². The number of carbonyl (C=O) groups is 2. The van der Waals surface area contributed by atoms with Gasteiger partial charge in [0.15, 0.2) is 11.9 Å². The van der Waals surface area contributed by atoms with E-state index in [1.807, 2.05) is 30.3 Å². The first kappa shape index (κ1) is 17.2. The number of ether oxygens (including phenoxy) is 1. The van der Waals surface area contributed by atoms with E-state index in [9.17, 15) is 19.8 Å². The highest BCUT2D eigenvalue weighted by atomic mass is 16.5. The molecule has 1 aromatic carbocycles. The summed E-state index contributed by atoms with van der Waals surface area (Å²) in [5.74, 6) is -1.90. The van der Waals surface area contributed by atoms with Crippen molar-refractivity contribution in [3.63, 3.8) is 0 Å². The van der Waals surface area contributed by atoms with E-state index in [-0.39, 0.29) is 18.0 Å². The van der Waals surface area contributed by atoms with E-state index < -0.39 is 24.1 Å². The molecule has 0 radical (unpaired) electrons. The molecule has 124 valence electrons. The molecule has 5 heteroatoms. The lowest BCUT2D eigenvalue weighted by Gasteiger charge is -2.20. The summed E-state index contributed by atoms with van der Waals surface area (Å²) < 4.78 is 4.95. The maximum atomic E-state index is 11.8. The molecule has 1 fully saturated rings. The second-order valence-corrected chi connectivity index (χ2v) is 5.80. The molecule has 0 amide bonds. The molecule has 0 aliphatic heterocycles. The minimum absolute atomic E-state index is 0.0809. The molecule has 0 aromatic heterocycles. The summed E-state index contributed by atoms with van der Waals surface area (Å²) in [7, 11) is 0. The van der Waals surface area contributed by atoms with Gasteiger partial charge in [0.1, 0.15) is 0 Å². The van der Waals surface area contributed by atoms with Gasteiger partial charge in [-0.3, -0.25) is 9.59 Å². The van der Waals surface area contributed by atoms with Crippen LogP contribution in [0.15, 0.2) is 42.2 Å². The number of benzene rings is 1. The van der Waals surface area contributed by atoms with Crippen LogP contribution in [0.2, 0.25) is 0 Å². The van der Waals surface area contributed by atoms with Gasteiger partial charge in [-0.05, 0) is 30.9 Å². The van der Waals surface area contributed by atoms with Crippen molar-refractivity contribution in [3.05, 3.63) is 47.7 Å². The Hall–Kier alpha value is -2.14. The molecule has 0 bridgehead atoms. The van der Waals surface area contributed by atoms with Gasteiger partial charge in [0, 0.05) is 13.3 Å². The predicted molar refractivity (Wildman–Crippen MR) is 84.8 cm³/mol. The standard InChI is InChI=1S/C18H22O5/c1-12(19)23-18-16(22)11-15(21)17(18)14(20)10-6-5-9-13-7-3-2-4-8-13/h2-4,7-8,10,15,17-18,20-21H,5-6,9,11H2,1H3/b14-10+/t15-,17-,18?/m0/s1. The lowest BCUT2D eigenvalue weighted by Crippen LogP contribution is -2.31. The smallest absolute Gasteiger partial charge is 0.303 e. The molecule has 2 N–H and O–H groups in total. The van der Waals surface area contributed by atoms with Crippen LogP contribution < -0.4 is 0 Å². The fraction of sp³-hybridized carbons (Fsp3) is 0.444. The molecule has 1 aliphatic carbocycles. The number of rotatable bonds is 6. The molecule has 2 rings (SSSR count). The number of carbonyl (C=O) groups excluding carboxylic acids is 2. The molecule has 0 spiro atoms. The van der Waals surface area contributed by atoms with E-state index in [0.717, 1.165) is 12.8 Å². The molecule has 0 saturated heterocycles. The van der Waals surface area contributed by atoms with Crippen LogP contribution in [0.25, 0.3) is 0 Å². The molecule has 0 heterocycles. The molecule has 1 unspecified atom stereocenters. The topological polar surface area (TPSA) is 83.8 Å². The van der Waals surface area contributed by atoms with Gasteiger partial charge in [-0.25, -0.2) is 0 Å². The van der Waals surface area contributed by atoms with E-state index >= 15 is 0 Å². The molecule has 1 aromatic rings. The number of aliphatic hydroxyl groups is 2. The predicted octanol–water partition coefficient (Wildman–Crippen LogP) is 2.33. The minimum atomic E-state index is -1.09. The number of hydrogen-bond donors (Lipinski definition) is 2. The summed E-state index contributed by atoms with van der Waals surface area (Å²) in [6.07, 6.45) is 1.72. The van der Waals surface area contributed by atoms with Crippen LogP contribution in [0.4, 0.5) is 0 Å². The first-order chi connectivity index (χ1) is 11.0. The van der Waals surface area contributed by atoms with Crippen LogP contribution in [0.5, 0.6) is 0 Å². The Kier molecular flexibility index (Phi) is 5.93. The van der Waals surface area contributed by atoms with Crippen LogP contribution >= 0.6 is 0 Å². The number of allylic oxidation sites excluding steroid dienone is 1. The fourth-order valence-electron chi connectivity index (χ4n) is 2.86. The average molecular weight is 318 g/mol. The van der Waals surface area contributed by atoms with Crippen molar-refractivity contribution in [2.45, 2.75) is 44.8 Å². The van der Waals surface area contributed by atoms with Gasteiger partial charge >= 0.3 is 5.97 Å². The van der Waals surface area contributed by atoms with E-state index in [1.165, 1.54) is 12.5 Å². The average Bonchev–Trinajstić information content (AvgIpc) is 2.78. The maximum absolute atomic E-state index is 11.8. The molecular formula is C18H22O5. The van der Waals surface area contributed by atoms with Crippen molar-refractivity contribution < 1.29 is 24.5 Å². The molecule has 23 heavy (non-hydrogen) atoms. The normalized spacial score (nSPS) is 24.7. The number of aryl methyl sites for hydroxylation is 1. The maximum Gasteiger partial charge on any atom is 0.303 e. The summed E-state index contributed by atoms with van der Waals surface area (Å²) >= 11 is 0. The quantitative estimate of drug-likeness (QED) is 0.478. The second-order valence-electron chi connectivity index (χ2n) is 5.80. The van der Waals surface area contributed by atoms with Gasteiger partial charge in [0.2, 0.25) is 0 Å². The third kappa shape index (κ3) is 4.66. The first-order valence-electron chi connectivity index (χ1n) is 7.80. The first-order valence-corrected chi connectivity index (χ1v) is 7.80. The number of hydrogen-bond acceptors (Lipinski definition) is 5. The van der Waals surface area contributed by atoms with Crippen molar-refractivity contribution in [2.75, 3.05) is 0 Å². The number of ketones is 1. The Balaban J connectivity index is 1.92. The third-order valence-corrected chi connectivity index (χ3v) is 3.97. The summed E-state index contributed by atoms with van der Waals surface area (Å²) in [6.45, 7) is 1.20. The van der Waals surface area contributed by atoms with Gasteiger partial charge in [-0.15, -0.1) is 0 Å². The Morgan fingerprint density at radius 1 is 1.35 bits per heavy atom.